The predicted molar refractivity (Wildman–Crippen MR) is 93.3 cm³/mol. The highest BCUT2D eigenvalue weighted by molar-refractivity contribution is 5.45. The van der Waals surface area contributed by atoms with Crippen LogP contribution in [-0.2, 0) is 15.1 Å². The first kappa shape index (κ1) is 17.2. The Morgan fingerprint density at radius 1 is 0.960 bits per heavy atom. The minimum atomic E-state index is -0.898. The Bertz CT molecular complexity index is 590. The molecule has 1 aromatic heterocycles. The van der Waals surface area contributed by atoms with Gasteiger partial charge in [0.15, 0.2) is 5.79 Å². The molecule has 4 rings (SSSR count). The first-order valence-electron chi connectivity index (χ1n) is 9.34. The maximum absolute atomic E-state index is 11.0. The molecule has 0 radical (unpaired) electrons. The standard InChI is InChI=1S/C19H28N2O4/c1-17(22)8-10-21(11-9-17)15-2-3-16(20-14-15)18(23)4-6-19(7-5-18)24-12-13-25-19/h2-3,14,22-23H,4-13H2,1H3. The van der Waals surface area contributed by atoms with Gasteiger partial charge in [-0.1, -0.05) is 0 Å². The fourth-order valence-electron chi connectivity index (χ4n) is 4.18. The minimum absolute atomic E-state index is 0.475. The lowest BCUT2D eigenvalue weighted by molar-refractivity contribution is -0.204. The van der Waals surface area contributed by atoms with E-state index >= 15 is 0 Å². The molecule has 138 valence electrons. The average molecular weight is 348 g/mol. The van der Waals surface area contributed by atoms with Crippen LogP contribution in [0.3, 0.4) is 0 Å². The van der Waals surface area contributed by atoms with Gasteiger partial charge >= 0.3 is 0 Å². The molecule has 0 bridgehead atoms. The molecule has 0 aromatic carbocycles. The maximum Gasteiger partial charge on any atom is 0.168 e. The van der Waals surface area contributed by atoms with Gasteiger partial charge in [0.1, 0.15) is 5.60 Å². The van der Waals surface area contributed by atoms with Gasteiger partial charge in [-0.2, -0.15) is 0 Å². The maximum atomic E-state index is 11.0. The highest BCUT2D eigenvalue weighted by Crippen LogP contribution is 2.44. The van der Waals surface area contributed by atoms with Gasteiger partial charge in [-0.05, 0) is 44.7 Å². The molecule has 2 saturated heterocycles. The Hall–Kier alpha value is -1.21. The van der Waals surface area contributed by atoms with E-state index in [2.05, 4.69) is 9.88 Å². The molecule has 1 aliphatic carbocycles. The molecule has 1 saturated carbocycles. The summed E-state index contributed by atoms with van der Waals surface area (Å²) < 4.78 is 11.5. The van der Waals surface area contributed by atoms with Crippen LogP contribution in [0.4, 0.5) is 5.69 Å². The normalized spacial score (nSPS) is 27.6. The summed E-state index contributed by atoms with van der Waals surface area (Å²) in [5, 5.41) is 21.1. The van der Waals surface area contributed by atoms with Crippen LogP contribution in [0.5, 0.6) is 0 Å². The van der Waals surface area contributed by atoms with Crippen molar-refractivity contribution in [2.75, 3.05) is 31.2 Å². The SMILES string of the molecule is CC1(O)CCN(c2ccc(C3(O)CCC4(CC3)OCCO4)nc2)CC1. The lowest BCUT2D eigenvalue weighted by Crippen LogP contribution is -2.43. The van der Waals surface area contributed by atoms with Crippen LogP contribution >= 0.6 is 0 Å². The van der Waals surface area contributed by atoms with E-state index in [1.54, 1.807) is 0 Å². The van der Waals surface area contributed by atoms with E-state index in [1.165, 1.54) is 0 Å². The third kappa shape index (κ3) is 3.40. The van der Waals surface area contributed by atoms with Crippen molar-refractivity contribution < 1.29 is 19.7 Å². The molecular weight excluding hydrogens is 320 g/mol. The van der Waals surface area contributed by atoms with E-state index in [9.17, 15) is 10.2 Å². The van der Waals surface area contributed by atoms with Crippen molar-refractivity contribution in [1.82, 2.24) is 4.98 Å². The van der Waals surface area contributed by atoms with Crippen LogP contribution in [0.15, 0.2) is 18.3 Å². The van der Waals surface area contributed by atoms with Gasteiger partial charge < -0.3 is 24.6 Å². The smallest absolute Gasteiger partial charge is 0.168 e. The van der Waals surface area contributed by atoms with Crippen LogP contribution in [-0.4, -0.2) is 52.9 Å². The Morgan fingerprint density at radius 2 is 1.60 bits per heavy atom. The highest BCUT2D eigenvalue weighted by Gasteiger charge is 2.46. The summed E-state index contributed by atoms with van der Waals surface area (Å²) in [4.78, 5) is 6.81. The molecule has 2 aliphatic heterocycles. The number of nitrogens with zero attached hydrogens (tertiary/aromatic N) is 2. The van der Waals surface area contributed by atoms with Crippen molar-refractivity contribution in [2.45, 2.75) is 62.4 Å². The second kappa shape index (κ2) is 6.20. The van der Waals surface area contributed by atoms with Gasteiger partial charge in [0.2, 0.25) is 0 Å². The van der Waals surface area contributed by atoms with Crippen molar-refractivity contribution in [3.63, 3.8) is 0 Å². The van der Waals surface area contributed by atoms with E-state index in [4.69, 9.17) is 9.47 Å². The zero-order chi connectivity index (χ0) is 17.5. The van der Waals surface area contributed by atoms with Gasteiger partial charge in [-0.3, -0.25) is 4.98 Å². The van der Waals surface area contributed by atoms with Crippen molar-refractivity contribution in [1.29, 1.82) is 0 Å². The summed E-state index contributed by atoms with van der Waals surface area (Å²) in [5.41, 5.74) is 0.331. The molecule has 1 aromatic rings. The predicted octanol–water partition coefficient (Wildman–Crippen LogP) is 1.94. The summed E-state index contributed by atoms with van der Waals surface area (Å²) in [5.74, 6) is -0.475. The van der Waals surface area contributed by atoms with E-state index in [1.807, 2.05) is 25.3 Å². The number of aromatic nitrogens is 1. The van der Waals surface area contributed by atoms with Crippen LogP contribution in [0, 0.1) is 0 Å². The molecule has 6 nitrogen and oxygen atoms in total. The van der Waals surface area contributed by atoms with Crippen molar-refractivity contribution >= 4 is 5.69 Å². The molecule has 0 atom stereocenters. The third-order valence-electron chi connectivity index (χ3n) is 6.08. The number of pyridine rings is 1. The van der Waals surface area contributed by atoms with E-state index in [0.717, 1.165) is 37.3 Å². The minimum Gasteiger partial charge on any atom is -0.390 e. The summed E-state index contributed by atoms with van der Waals surface area (Å²) in [7, 11) is 0. The number of piperidine rings is 1. The molecule has 3 fully saturated rings. The molecule has 3 heterocycles. The molecular formula is C19H28N2O4. The molecule has 2 N–H and O–H groups in total. The Balaban J connectivity index is 1.42. The molecule has 0 amide bonds. The Kier molecular flexibility index (Phi) is 4.27. The molecule has 3 aliphatic rings. The van der Waals surface area contributed by atoms with Crippen molar-refractivity contribution in [3.8, 4) is 0 Å². The average Bonchev–Trinajstić information content (AvgIpc) is 3.07. The summed E-state index contributed by atoms with van der Waals surface area (Å²) >= 11 is 0. The van der Waals surface area contributed by atoms with Gasteiger partial charge in [-0.25, -0.2) is 0 Å². The zero-order valence-corrected chi connectivity index (χ0v) is 14.9. The topological polar surface area (TPSA) is 75.1 Å². The second-order valence-corrected chi connectivity index (χ2v) is 8.02. The van der Waals surface area contributed by atoms with Gasteiger partial charge in [0, 0.05) is 25.9 Å². The van der Waals surface area contributed by atoms with Gasteiger partial charge in [0.25, 0.3) is 0 Å². The van der Waals surface area contributed by atoms with Gasteiger partial charge in [0.05, 0.1) is 36.4 Å². The van der Waals surface area contributed by atoms with E-state index in [0.29, 0.717) is 38.9 Å². The van der Waals surface area contributed by atoms with Crippen molar-refractivity contribution in [3.05, 3.63) is 24.0 Å². The largest absolute Gasteiger partial charge is 0.390 e. The number of ether oxygens (including phenoxy) is 2. The summed E-state index contributed by atoms with van der Waals surface area (Å²) in [6, 6.07) is 3.98. The quantitative estimate of drug-likeness (QED) is 0.851. The van der Waals surface area contributed by atoms with E-state index < -0.39 is 17.0 Å². The zero-order valence-electron chi connectivity index (χ0n) is 14.9. The Morgan fingerprint density at radius 3 is 2.16 bits per heavy atom. The first-order valence-corrected chi connectivity index (χ1v) is 9.34. The number of hydrogen-bond donors (Lipinski definition) is 2. The lowest BCUT2D eigenvalue weighted by Gasteiger charge is -2.40. The molecule has 0 unspecified atom stereocenters. The third-order valence-corrected chi connectivity index (χ3v) is 6.08. The van der Waals surface area contributed by atoms with Crippen LogP contribution < -0.4 is 4.90 Å². The molecule has 1 spiro atoms. The van der Waals surface area contributed by atoms with Crippen LogP contribution in [0.25, 0.3) is 0 Å². The fraction of sp³-hybridized carbons (Fsp3) is 0.737. The fourth-order valence-corrected chi connectivity index (χ4v) is 4.18. The highest BCUT2D eigenvalue weighted by atomic mass is 16.7. The molecule has 6 heteroatoms. The van der Waals surface area contributed by atoms with Crippen LogP contribution in [0.1, 0.15) is 51.1 Å². The monoisotopic (exact) mass is 348 g/mol. The number of hydrogen-bond acceptors (Lipinski definition) is 6. The van der Waals surface area contributed by atoms with Crippen LogP contribution in [0.2, 0.25) is 0 Å². The summed E-state index contributed by atoms with van der Waals surface area (Å²) in [6.07, 6.45) is 5.99. The number of aliphatic hydroxyl groups is 2. The lowest BCUT2D eigenvalue weighted by atomic mass is 9.79. The number of anilines is 1. The van der Waals surface area contributed by atoms with Crippen molar-refractivity contribution in [2.24, 2.45) is 0 Å². The van der Waals surface area contributed by atoms with Gasteiger partial charge in [-0.15, -0.1) is 0 Å². The Labute approximate surface area is 148 Å². The summed E-state index contributed by atoms with van der Waals surface area (Å²) in [6.45, 7) is 4.85. The van der Waals surface area contributed by atoms with E-state index in [-0.39, 0.29) is 0 Å². The second-order valence-electron chi connectivity index (χ2n) is 8.02. The number of rotatable bonds is 2. The first-order chi connectivity index (χ1) is 11.9. The molecule has 25 heavy (non-hydrogen) atoms.